The van der Waals surface area contributed by atoms with Gasteiger partial charge in [-0.25, -0.2) is 4.79 Å². The van der Waals surface area contributed by atoms with Crippen LogP contribution in [0, 0.1) is 0 Å². The number of aliphatic hydroxyl groups excluding tert-OH is 1. The van der Waals surface area contributed by atoms with Gasteiger partial charge in [-0.05, 0) is 43.9 Å². The van der Waals surface area contributed by atoms with Crippen molar-refractivity contribution in [1.29, 1.82) is 0 Å². The van der Waals surface area contributed by atoms with Crippen LogP contribution in [0.25, 0.3) is 0 Å². The molecule has 106 valence electrons. The molecule has 0 aromatic heterocycles. The quantitative estimate of drug-likeness (QED) is 0.563. The molecule has 2 amide bonds. The van der Waals surface area contributed by atoms with Gasteiger partial charge in [-0.3, -0.25) is 0 Å². The van der Waals surface area contributed by atoms with Crippen molar-refractivity contribution < 1.29 is 15.0 Å². The molecule has 0 radical (unpaired) electrons. The molecule has 0 aliphatic carbocycles. The van der Waals surface area contributed by atoms with Crippen LogP contribution in [0.4, 0.5) is 4.79 Å². The lowest BCUT2D eigenvalue weighted by Crippen LogP contribution is -2.37. The number of urea groups is 1. The van der Waals surface area contributed by atoms with Gasteiger partial charge in [-0.1, -0.05) is 12.1 Å². The van der Waals surface area contributed by atoms with Gasteiger partial charge in [0.2, 0.25) is 0 Å². The normalized spacial score (nSPS) is 11.9. The Hall–Kier alpha value is -1.75. The fourth-order valence-electron chi connectivity index (χ4n) is 1.61. The van der Waals surface area contributed by atoms with E-state index in [2.05, 4.69) is 10.6 Å². The Kier molecular flexibility index (Phi) is 6.74. The van der Waals surface area contributed by atoms with Crippen LogP contribution in [0.2, 0.25) is 0 Å². The maximum absolute atomic E-state index is 11.3. The van der Waals surface area contributed by atoms with E-state index in [0.717, 1.165) is 18.4 Å². The highest BCUT2D eigenvalue weighted by molar-refractivity contribution is 5.73. The summed E-state index contributed by atoms with van der Waals surface area (Å²) in [5.41, 5.74) is 1.13. The summed E-state index contributed by atoms with van der Waals surface area (Å²) in [5.74, 6) is 0.263. The van der Waals surface area contributed by atoms with Gasteiger partial charge in [-0.15, -0.1) is 0 Å². The molecule has 0 aliphatic heterocycles. The fourth-order valence-corrected chi connectivity index (χ4v) is 1.61. The predicted molar refractivity (Wildman–Crippen MR) is 74.1 cm³/mol. The number of hydrogen-bond donors (Lipinski definition) is 4. The summed E-state index contributed by atoms with van der Waals surface area (Å²) in [6.45, 7) is 2.76. The lowest BCUT2D eigenvalue weighted by atomic mass is 10.1. The van der Waals surface area contributed by atoms with Crippen LogP contribution in [-0.2, 0) is 6.42 Å². The van der Waals surface area contributed by atoms with Gasteiger partial charge in [0.1, 0.15) is 5.75 Å². The second-order valence-corrected chi connectivity index (χ2v) is 4.59. The van der Waals surface area contributed by atoms with Gasteiger partial charge in [0.05, 0.1) is 6.10 Å². The zero-order valence-electron chi connectivity index (χ0n) is 11.2. The number of phenolic OH excluding ortho intramolecular Hbond substituents is 1. The van der Waals surface area contributed by atoms with Gasteiger partial charge in [0.25, 0.3) is 0 Å². The van der Waals surface area contributed by atoms with Crippen molar-refractivity contribution in [3.05, 3.63) is 29.8 Å². The fraction of sp³-hybridized carbons (Fsp3) is 0.500. The third kappa shape index (κ3) is 7.31. The number of rotatable bonds is 7. The second kappa shape index (κ2) is 8.37. The van der Waals surface area contributed by atoms with Crippen LogP contribution < -0.4 is 10.6 Å². The second-order valence-electron chi connectivity index (χ2n) is 4.59. The summed E-state index contributed by atoms with van der Waals surface area (Å²) < 4.78 is 0. The summed E-state index contributed by atoms with van der Waals surface area (Å²) in [4.78, 5) is 11.3. The van der Waals surface area contributed by atoms with E-state index in [0.29, 0.717) is 19.5 Å². The van der Waals surface area contributed by atoms with Crippen LogP contribution in [-0.4, -0.2) is 35.4 Å². The molecule has 0 bridgehead atoms. The highest BCUT2D eigenvalue weighted by atomic mass is 16.3. The molecule has 5 nitrogen and oxygen atoms in total. The number of aryl methyl sites for hydroxylation is 1. The molecule has 0 aliphatic rings. The molecule has 5 heteroatoms. The standard InChI is InChI=1S/C14H22N2O3/c1-11(17)8-10-16-14(19)15-9-2-3-12-4-6-13(18)7-5-12/h4-7,11,17-18H,2-3,8-10H2,1H3,(H2,15,16,19). The molecule has 1 aromatic rings. The summed E-state index contributed by atoms with van der Waals surface area (Å²) in [7, 11) is 0. The number of amides is 2. The van der Waals surface area contributed by atoms with E-state index in [1.165, 1.54) is 0 Å². The number of carbonyl (C=O) groups excluding carboxylic acids is 1. The summed E-state index contributed by atoms with van der Waals surface area (Å²) in [5, 5.41) is 23.6. The predicted octanol–water partition coefficient (Wildman–Crippen LogP) is 1.39. The smallest absolute Gasteiger partial charge is 0.314 e. The highest BCUT2D eigenvalue weighted by Crippen LogP contribution is 2.10. The molecular formula is C14H22N2O3. The van der Waals surface area contributed by atoms with E-state index in [9.17, 15) is 4.79 Å². The number of hydrogen-bond acceptors (Lipinski definition) is 3. The maximum atomic E-state index is 11.3. The van der Waals surface area contributed by atoms with Crippen molar-refractivity contribution in [2.45, 2.75) is 32.3 Å². The molecule has 0 spiro atoms. The highest BCUT2D eigenvalue weighted by Gasteiger charge is 2.01. The Morgan fingerprint density at radius 2 is 1.84 bits per heavy atom. The van der Waals surface area contributed by atoms with Crippen LogP contribution in [0.3, 0.4) is 0 Å². The first-order valence-electron chi connectivity index (χ1n) is 6.55. The summed E-state index contributed by atoms with van der Waals surface area (Å²) in [6, 6.07) is 6.86. The van der Waals surface area contributed by atoms with E-state index in [-0.39, 0.29) is 11.8 Å². The number of benzene rings is 1. The topological polar surface area (TPSA) is 81.6 Å². The Morgan fingerprint density at radius 1 is 1.21 bits per heavy atom. The molecule has 1 rings (SSSR count). The van der Waals surface area contributed by atoms with Crippen LogP contribution in [0.1, 0.15) is 25.3 Å². The van der Waals surface area contributed by atoms with E-state index in [1.807, 2.05) is 12.1 Å². The number of carbonyl (C=O) groups is 1. The van der Waals surface area contributed by atoms with Gasteiger partial charge >= 0.3 is 6.03 Å². The Labute approximate surface area is 113 Å². The maximum Gasteiger partial charge on any atom is 0.314 e. The molecule has 0 saturated heterocycles. The Balaban J connectivity index is 2.07. The van der Waals surface area contributed by atoms with Crippen molar-refractivity contribution in [2.24, 2.45) is 0 Å². The zero-order valence-corrected chi connectivity index (χ0v) is 11.2. The Morgan fingerprint density at radius 3 is 2.47 bits per heavy atom. The van der Waals surface area contributed by atoms with Crippen LogP contribution >= 0.6 is 0 Å². The molecule has 0 saturated carbocycles. The number of aliphatic hydroxyl groups is 1. The molecule has 0 fully saturated rings. The summed E-state index contributed by atoms with van der Waals surface area (Å²) in [6.07, 6.45) is 1.86. The minimum atomic E-state index is -0.394. The number of nitrogens with one attached hydrogen (secondary N) is 2. The van der Waals surface area contributed by atoms with E-state index in [1.54, 1.807) is 19.1 Å². The molecule has 1 aromatic carbocycles. The largest absolute Gasteiger partial charge is 0.508 e. The number of aromatic hydroxyl groups is 1. The van der Waals surface area contributed by atoms with Gasteiger partial charge < -0.3 is 20.8 Å². The van der Waals surface area contributed by atoms with Crippen molar-refractivity contribution >= 4 is 6.03 Å². The van der Waals surface area contributed by atoms with E-state index < -0.39 is 6.10 Å². The van der Waals surface area contributed by atoms with E-state index in [4.69, 9.17) is 10.2 Å². The van der Waals surface area contributed by atoms with Crippen molar-refractivity contribution in [2.75, 3.05) is 13.1 Å². The van der Waals surface area contributed by atoms with Crippen LogP contribution in [0.15, 0.2) is 24.3 Å². The lowest BCUT2D eigenvalue weighted by Gasteiger charge is -2.08. The first-order chi connectivity index (χ1) is 9.08. The van der Waals surface area contributed by atoms with Gasteiger partial charge in [0, 0.05) is 13.1 Å². The first kappa shape index (κ1) is 15.3. The zero-order chi connectivity index (χ0) is 14.1. The molecule has 19 heavy (non-hydrogen) atoms. The van der Waals surface area contributed by atoms with E-state index >= 15 is 0 Å². The van der Waals surface area contributed by atoms with Crippen molar-refractivity contribution in [3.63, 3.8) is 0 Å². The van der Waals surface area contributed by atoms with Crippen molar-refractivity contribution in [1.82, 2.24) is 10.6 Å². The average Bonchev–Trinajstić information content (AvgIpc) is 2.36. The third-order valence-corrected chi connectivity index (χ3v) is 2.71. The van der Waals surface area contributed by atoms with Crippen molar-refractivity contribution in [3.8, 4) is 5.75 Å². The molecular weight excluding hydrogens is 244 g/mol. The molecule has 1 unspecified atom stereocenters. The SMILES string of the molecule is CC(O)CCNC(=O)NCCCc1ccc(O)cc1. The van der Waals surface area contributed by atoms with Gasteiger partial charge in [0.15, 0.2) is 0 Å². The third-order valence-electron chi connectivity index (χ3n) is 2.71. The monoisotopic (exact) mass is 266 g/mol. The van der Waals surface area contributed by atoms with Crippen LogP contribution in [0.5, 0.6) is 5.75 Å². The lowest BCUT2D eigenvalue weighted by molar-refractivity contribution is 0.183. The molecule has 1 atom stereocenters. The van der Waals surface area contributed by atoms with Gasteiger partial charge in [-0.2, -0.15) is 0 Å². The summed E-state index contributed by atoms with van der Waals surface area (Å²) >= 11 is 0. The minimum absolute atomic E-state index is 0.202. The number of phenols is 1. The molecule has 0 heterocycles. The first-order valence-corrected chi connectivity index (χ1v) is 6.55. The average molecular weight is 266 g/mol. The minimum Gasteiger partial charge on any atom is -0.508 e. The Bertz CT molecular complexity index is 377. The molecule has 4 N–H and O–H groups in total.